The van der Waals surface area contributed by atoms with Gasteiger partial charge < -0.3 is 25.1 Å². The lowest BCUT2D eigenvalue weighted by atomic mass is 10.1. The van der Waals surface area contributed by atoms with Crippen LogP contribution in [0.2, 0.25) is 0 Å². The Morgan fingerprint density at radius 2 is 1.78 bits per heavy atom. The number of para-hydroxylation sites is 1. The first-order chi connectivity index (χ1) is 17.4. The minimum absolute atomic E-state index is 0.334. The molecule has 0 saturated carbocycles. The zero-order valence-corrected chi connectivity index (χ0v) is 21.5. The summed E-state index contributed by atoms with van der Waals surface area (Å²) >= 11 is 5.57. The van der Waals surface area contributed by atoms with Crippen LogP contribution < -0.4 is 25.4 Å². The number of nitrogens with one attached hydrogen (secondary N) is 4. The highest BCUT2D eigenvalue weighted by Crippen LogP contribution is 2.29. The molecule has 0 unspecified atom stereocenters. The van der Waals surface area contributed by atoms with Crippen LogP contribution in [-0.2, 0) is 6.42 Å². The monoisotopic (exact) mass is 503 g/mol. The molecule has 0 aliphatic rings. The summed E-state index contributed by atoms with van der Waals surface area (Å²) in [4.78, 5) is 17.0. The number of hydrogen-bond acceptors (Lipinski definition) is 6. The highest BCUT2D eigenvalue weighted by Gasteiger charge is 2.11. The van der Waals surface area contributed by atoms with Gasteiger partial charge in [-0.1, -0.05) is 18.2 Å². The van der Waals surface area contributed by atoms with E-state index in [1.807, 2.05) is 50.4 Å². The second-order valence-electron chi connectivity index (χ2n) is 8.08. The van der Waals surface area contributed by atoms with E-state index in [1.54, 1.807) is 20.3 Å². The number of anilines is 2. The summed E-state index contributed by atoms with van der Waals surface area (Å²) in [7, 11) is 3.20. The average Bonchev–Trinajstić information content (AvgIpc) is 3.26. The molecule has 2 aromatic carbocycles. The van der Waals surface area contributed by atoms with Gasteiger partial charge in [0.05, 0.1) is 19.9 Å². The van der Waals surface area contributed by atoms with Gasteiger partial charge in [0, 0.05) is 41.1 Å². The quantitative estimate of drug-likeness (QED) is 0.165. The summed E-state index contributed by atoms with van der Waals surface area (Å²) in [5.74, 6) is 2.16. The minimum atomic E-state index is 0.334. The number of fused-ring (bicyclic) bond motifs is 1. The third kappa shape index (κ3) is 6.28. The molecule has 0 saturated heterocycles. The SMILES string of the molecule is COc1ccc(NC(=S)NC(=NCCc2c[nH]c3ccccc23)Nc2nc(C)cc(C)n2)c(OC)c1. The van der Waals surface area contributed by atoms with Crippen molar-refractivity contribution in [1.29, 1.82) is 0 Å². The number of aryl methyl sites for hydroxylation is 2. The Bertz CT molecular complexity index is 1380. The van der Waals surface area contributed by atoms with Crippen molar-refractivity contribution in [2.45, 2.75) is 20.3 Å². The number of aromatic amines is 1. The number of aromatic nitrogens is 3. The number of aliphatic imine (C=N–C) groups is 1. The number of benzene rings is 2. The Morgan fingerprint density at radius 1 is 1.00 bits per heavy atom. The van der Waals surface area contributed by atoms with Gasteiger partial charge in [0.1, 0.15) is 11.5 Å². The first-order valence-corrected chi connectivity index (χ1v) is 11.8. The van der Waals surface area contributed by atoms with Crippen LogP contribution in [0.1, 0.15) is 17.0 Å². The average molecular weight is 504 g/mol. The lowest BCUT2D eigenvalue weighted by Crippen LogP contribution is -2.39. The molecular weight excluding hydrogens is 474 g/mol. The van der Waals surface area contributed by atoms with Gasteiger partial charge >= 0.3 is 0 Å². The number of hydrogen-bond donors (Lipinski definition) is 4. The van der Waals surface area contributed by atoms with Crippen LogP contribution in [-0.4, -0.2) is 46.8 Å². The van der Waals surface area contributed by atoms with Gasteiger partial charge in [0.25, 0.3) is 0 Å². The molecule has 4 N–H and O–H groups in total. The van der Waals surface area contributed by atoms with Crippen molar-refractivity contribution in [3.05, 3.63) is 71.7 Å². The predicted molar refractivity (Wildman–Crippen MR) is 148 cm³/mol. The number of guanidine groups is 1. The summed E-state index contributed by atoms with van der Waals surface area (Å²) in [6, 6.07) is 15.6. The lowest BCUT2D eigenvalue weighted by Gasteiger charge is -2.16. The van der Waals surface area contributed by atoms with Crippen molar-refractivity contribution < 1.29 is 9.47 Å². The van der Waals surface area contributed by atoms with Gasteiger partial charge in [0.2, 0.25) is 11.9 Å². The Labute approximate surface area is 215 Å². The van der Waals surface area contributed by atoms with Crippen molar-refractivity contribution >= 4 is 45.8 Å². The van der Waals surface area contributed by atoms with Crippen LogP contribution in [0.3, 0.4) is 0 Å². The highest BCUT2D eigenvalue weighted by atomic mass is 32.1. The summed E-state index contributed by atoms with van der Waals surface area (Å²) in [5.41, 5.74) is 4.70. The van der Waals surface area contributed by atoms with E-state index in [0.29, 0.717) is 40.8 Å². The zero-order valence-electron chi connectivity index (χ0n) is 20.7. The van der Waals surface area contributed by atoms with Gasteiger partial charge in [-0.15, -0.1) is 0 Å². The Balaban J connectivity index is 1.51. The summed E-state index contributed by atoms with van der Waals surface area (Å²) in [5, 5.41) is 11.0. The topological polar surface area (TPSA) is 108 Å². The fourth-order valence-corrected chi connectivity index (χ4v) is 3.99. The molecule has 0 aliphatic heterocycles. The fourth-order valence-electron chi connectivity index (χ4n) is 3.79. The number of H-pyrrole nitrogens is 1. The second-order valence-corrected chi connectivity index (χ2v) is 8.49. The first kappa shape index (κ1) is 24.9. The van der Waals surface area contributed by atoms with Crippen LogP contribution in [0.5, 0.6) is 11.5 Å². The molecule has 2 aromatic heterocycles. The van der Waals surface area contributed by atoms with E-state index in [4.69, 9.17) is 26.7 Å². The fraction of sp³-hybridized carbons (Fsp3) is 0.231. The number of ether oxygens (including phenoxy) is 2. The maximum atomic E-state index is 5.57. The van der Waals surface area contributed by atoms with E-state index in [9.17, 15) is 0 Å². The molecule has 186 valence electrons. The van der Waals surface area contributed by atoms with Crippen LogP contribution in [0.25, 0.3) is 10.9 Å². The molecule has 10 heteroatoms. The van der Waals surface area contributed by atoms with Crippen molar-refractivity contribution in [1.82, 2.24) is 20.3 Å². The van der Waals surface area contributed by atoms with Gasteiger partial charge in [-0.2, -0.15) is 0 Å². The molecule has 2 heterocycles. The van der Waals surface area contributed by atoms with Crippen molar-refractivity contribution in [3.8, 4) is 11.5 Å². The van der Waals surface area contributed by atoms with Crippen LogP contribution >= 0.6 is 12.2 Å². The zero-order chi connectivity index (χ0) is 25.5. The standard InChI is InChI=1S/C26H29N7O2S/c1-16-13-17(2)30-25(29-16)32-24(27-12-11-18-15-28-21-8-6-5-7-20(18)21)33-26(36)31-22-10-9-19(34-3)14-23(22)35-4/h5-10,13-15,28H,11-12H2,1-4H3,(H3,27,29,30,31,32,33,36). The van der Waals surface area contributed by atoms with Gasteiger partial charge in [0.15, 0.2) is 5.11 Å². The molecule has 9 nitrogen and oxygen atoms in total. The van der Waals surface area contributed by atoms with E-state index in [2.05, 4.69) is 43.0 Å². The Morgan fingerprint density at radius 3 is 2.53 bits per heavy atom. The normalized spacial score (nSPS) is 11.3. The van der Waals surface area contributed by atoms with Crippen molar-refractivity contribution in [2.24, 2.45) is 4.99 Å². The van der Waals surface area contributed by atoms with E-state index in [-0.39, 0.29) is 0 Å². The summed E-state index contributed by atoms with van der Waals surface area (Å²) in [6.07, 6.45) is 2.77. The van der Waals surface area contributed by atoms with E-state index in [1.165, 1.54) is 10.9 Å². The van der Waals surface area contributed by atoms with Gasteiger partial charge in [-0.3, -0.25) is 10.3 Å². The molecular formula is C26H29N7O2S. The number of rotatable bonds is 7. The molecule has 0 radical (unpaired) electrons. The predicted octanol–water partition coefficient (Wildman–Crippen LogP) is 4.59. The van der Waals surface area contributed by atoms with Crippen LogP contribution in [0.15, 0.2) is 59.7 Å². The molecule has 0 aliphatic carbocycles. The van der Waals surface area contributed by atoms with Crippen LogP contribution in [0, 0.1) is 13.8 Å². The second kappa shape index (κ2) is 11.5. The Kier molecular flexibility index (Phi) is 7.96. The summed E-state index contributed by atoms with van der Waals surface area (Å²) < 4.78 is 10.7. The molecule has 0 amide bonds. The molecule has 0 fully saturated rings. The maximum Gasteiger partial charge on any atom is 0.229 e. The van der Waals surface area contributed by atoms with Gasteiger partial charge in [-0.05, 0) is 62.3 Å². The van der Waals surface area contributed by atoms with E-state index >= 15 is 0 Å². The maximum absolute atomic E-state index is 5.57. The number of nitrogens with zero attached hydrogens (tertiary/aromatic N) is 3. The minimum Gasteiger partial charge on any atom is -0.497 e. The molecule has 0 atom stereocenters. The lowest BCUT2D eigenvalue weighted by molar-refractivity contribution is 0.395. The molecule has 0 bridgehead atoms. The summed E-state index contributed by atoms with van der Waals surface area (Å²) in [6.45, 7) is 4.36. The van der Waals surface area contributed by atoms with E-state index in [0.717, 1.165) is 23.3 Å². The number of methoxy groups -OCH3 is 2. The molecule has 4 rings (SSSR count). The van der Waals surface area contributed by atoms with E-state index < -0.39 is 0 Å². The van der Waals surface area contributed by atoms with Crippen LogP contribution in [0.4, 0.5) is 11.6 Å². The Hall–Kier alpha value is -4.18. The third-order valence-electron chi connectivity index (χ3n) is 5.43. The van der Waals surface area contributed by atoms with Gasteiger partial charge in [-0.25, -0.2) is 9.97 Å². The molecule has 36 heavy (non-hydrogen) atoms. The number of thiocarbonyl (C=S) groups is 1. The molecule has 4 aromatic rings. The smallest absolute Gasteiger partial charge is 0.229 e. The third-order valence-corrected chi connectivity index (χ3v) is 5.63. The first-order valence-electron chi connectivity index (χ1n) is 11.4. The highest BCUT2D eigenvalue weighted by molar-refractivity contribution is 7.80. The van der Waals surface area contributed by atoms with Crippen molar-refractivity contribution in [3.63, 3.8) is 0 Å². The largest absolute Gasteiger partial charge is 0.497 e. The molecule has 0 spiro atoms. The van der Waals surface area contributed by atoms with Crippen molar-refractivity contribution in [2.75, 3.05) is 31.4 Å².